The predicted octanol–water partition coefficient (Wildman–Crippen LogP) is 4.44. The fraction of sp³-hybridized carbons (Fsp3) is 0.0714. The third-order valence-corrected chi connectivity index (χ3v) is 2.93. The van der Waals surface area contributed by atoms with Crippen LogP contribution >= 0.6 is 15.9 Å². The lowest BCUT2D eigenvalue weighted by molar-refractivity contribution is 0.101. The highest BCUT2D eigenvalue weighted by Crippen LogP contribution is 2.30. The fourth-order valence-electron chi connectivity index (χ4n) is 1.42. The van der Waals surface area contributed by atoms with E-state index in [-0.39, 0.29) is 5.78 Å². The number of hydrogen-bond acceptors (Lipinski definition) is 2. The summed E-state index contributed by atoms with van der Waals surface area (Å²) < 4.78 is 6.46. The van der Waals surface area contributed by atoms with Crippen molar-refractivity contribution in [3.8, 4) is 11.5 Å². The fourth-order valence-corrected chi connectivity index (χ4v) is 1.88. The molecule has 0 radical (unpaired) electrons. The SMILES string of the molecule is CC(=O)c1ccc(Oc2ccccc2)c(Br)c1. The molecule has 2 rings (SSSR count). The van der Waals surface area contributed by atoms with Crippen LogP contribution in [-0.4, -0.2) is 5.78 Å². The lowest BCUT2D eigenvalue weighted by Crippen LogP contribution is -1.93. The molecule has 2 aromatic rings. The lowest BCUT2D eigenvalue weighted by Gasteiger charge is -2.08. The molecule has 0 aliphatic rings. The molecule has 0 unspecified atom stereocenters. The molecule has 86 valence electrons. The Kier molecular flexibility index (Phi) is 3.59. The van der Waals surface area contributed by atoms with Crippen molar-refractivity contribution in [3.05, 3.63) is 58.6 Å². The van der Waals surface area contributed by atoms with E-state index >= 15 is 0 Å². The number of para-hydroxylation sites is 1. The maximum atomic E-state index is 11.2. The quantitative estimate of drug-likeness (QED) is 0.781. The average Bonchev–Trinajstić information content (AvgIpc) is 2.33. The number of Topliss-reactive ketones (excluding diaryl/α,β-unsaturated/α-hetero) is 1. The van der Waals surface area contributed by atoms with Crippen LogP contribution in [0.3, 0.4) is 0 Å². The van der Waals surface area contributed by atoms with Gasteiger partial charge in [-0.25, -0.2) is 0 Å². The summed E-state index contributed by atoms with van der Waals surface area (Å²) >= 11 is 3.40. The van der Waals surface area contributed by atoms with E-state index in [0.717, 1.165) is 10.2 Å². The zero-order chi connectivity index (χ0) is 12.3. The Balaban J connectivity index is 2.26. The first-order chi connectivity index (χ1) is 8.16. The molecule has 0 fully saturated rings. The van der Waals surface area contributed by atoms with Gasteiger partial charge in [-0.3, -0.25) is 4.79 Å². The molecule has 17 heavy (non-hydrogen) atoms. The molecule has 0 aliphatic carbocycles. The van der Waals surface area contributed by atoms with Crippen LogP contribution in [0.25, 0.3) is 0 Å². The van der Waals surface area contributed by atoms with E-state index in [2.05, 4.69) is 15.9 Å². The van der Waals surface area contributed by atoms with E-state index in [4.69, 9.17) is 4.74 Å². The number of ether oxygens (including phenoxy) is 1. The van der Waals surface area contributed by atoms with Gasteiger partial charge in [0.25, 0.3) is 0 Å². The number of carbonyl (C=O) groups is 1. The second-order valence-corrected chi connectivity index (χ2v) is 4.47. The maximum absolute atomic E-state index is 11.2. The van der Waals surface area contributed by atoms with Crippen molar-refractivity contribution >= 4 is 21.7 Å². The summed E-state index contributed by atoms with van der Waals surface area (Å²) in [4.78, 5) is 11.2. The van der Waals surface area contributed by atoms with Crippen LogP contribution in [0.1, 0.15) is 17.3 Å². The minimum absolute atomic E-state index is 0.0389. The van der Waals surface area contributed by atoms with Gasteiger partial charge in [0.1, 0.15) is 11.5 Å². The largest absolute Gasteiger partial charge is 0.456 e. The van der Waals surface area contributed by atoms with Crippen LogP contribution in [0, 0.1) is 0 Å². The summed E-state index contributed by atoms with van der Waals surface area (Å²) in [7, 11) is 0. The first-order valence-electron chi connectivity index (χ1n) is 5.20. The van der Waals surface area contributed by atoms with Crippen LogP contribution in [0.5, 0.6) is 11.5 Å². The number of carbonyl (C=O) groups excluding carboxylic acids is 1. The summed E-state index contributed by atoms with van der Waals surface area (Å²) in [6.07, 6.45) is 0. The molecule has 0 saturated carbocycles. The highest BCUT2D eigenvalue weighted by atomic mass is 79.9. The summed E-state index contributed by atoms with van der Waals surface area (Å²) in [6, 6.07) is 14.8. The van der Waals surface area contributed by atoms with Gasteiger partial charge in [-0.1, -0.05) is 18.2 Å². The topological polar surface area (TPSA) is 26.3 Å². The van der Waals surface area contributed by atoms with Gasteiger partial charge in [0.05, 0.1) is 4.47 Å². The number of rotatable bonds is 3. The van der Waals surface area contributed by atoms with Gasteiger partial charge in [0.2, 0.25) is 0 Å². The molecule has 0 amide bonds. The molecule has 3 heteroatoms. The zero-order valence-electron chi connectivity index (χ0n) is 9.31. The minimum atomic E-state index is 0.0389. The van der Waals surface area contributed by atoms with E-state index in [1.54, 1.807) is 25.1 Å². The standard InChI is InChI=1S/C14H11BrO2/c1-10(16)11-7-8-14(13(15)9-11)17-12-5-3-2-4-6-12/h2-9H,1H3. The second kappa shape index (κ2) is 5.15. The van der Waals surface area contributed by atoms with Crippen LogP contribution < -0.4 is 4.74 Å². The van der Waals surface area contributed by atoms with E-state index in [9.17, 15) is 4.79 Å². The molecular weight excluding hydrogens is 280 g/mol. The van der Waals surface area contributed by atoms with Crippen molar-refractivity contribution < 1.29 is 9.53 Å². The number of halogens is 1. The summed E-state index contributed by atoms with van der Waals surface area (Å²) in [5.41, 5.74) is 0.664. The molecule has 0 spiro atoms. The van der Waals surface area contributed by atoms with Crippen LogP contribution in [-0.2, 0) is 0 Å². The number of ketones is 1. The number of benzene rings is 2. The molecule has 0 bridgehead atoms. The second-order valence-electron chi connectivity index (χ2n) is 3.62. The maximum Gasteiger partial charge on any atom is 0.159 e. The minimum Gasteiger partial charge on any atom is -0.456 e. The monoisotopic (exact) mass is 290 g/mol. The molecule has 2 aromatic carbocycles. The molecule has 2 nitrogen and oxygen atoms in total. The van der Waals surface area contributed by atoms with Crippen LogP contribution in [0.15, 0.2) is 53.0 Å². The van der Waals surface area contributed by atoms with Crippen molar-refractivity contribution in [1.82, 2.24) is 0 Å². The summed E-state index contributed by atoms with van der Waals surface area (Å²) in [6.45, 7) is 1.54. The van der Waals surface area contributed by atoms with Gasteiger partial charge >= 0.3 is 0 Å². The molecule has 0 aliphatic heterocycles. The molecular formula is C14H11BrO2. The van der Waals surface area contributed by atoms with Gasteiger partial charge in [0.15, 0.2) is 5.78 Å². The first-order valence-corrected chi connectivity index (χ1v) is 5.99. The molecule has 0 N–H and O–H groups in total. The van der Waals surface area contributed by atoms with Gasteiger partial charge in [-0.2, -0.15) is 0 Å². The molecule has 0 aromatic heterocycles. The van der Waals surface area contributed by atoms with Crippen molar-refractivity contribution in [3.63, 3.8) is 0 Å². The smallest absolute Gasteiger partial charge is 0.159 e. The van der Waals surface area contributed by atoms with Crippen molar-refractivity contribution in [2.45, 2.75) is 6.92 Å². The Bertz CT molecular complexity index is 535. The zero-order valence-corrected chi connectivity index (χ0v) is 10.9. The molecule has 0 saturated heterocycles. The predicted molar refractivity (Wildman–Crippen MR) is 70.7 cm³/mol. The van der Waals surface area contributed by atoms with E-state index < -0.39 is 0 Å². The Hall–Kier alpha value is -1.61. The average molecular weight is 291 g/mol. The van der Waals surface area contributed by atoms with Crippen LogP contribution in [0.2, 0.25) is 0 Å². The van der Waals surface area contributed by atoms with Gasteiger partial charge in [-0.15, -0.1) is 0 Å². The summed E-state index contributed by atoms with van der Waals surface area (Å²) in [5.74, 6) is 1.50. The van der Waals surface area contributed by atoms with Gasteiger partial charge in [0, 0.05) is 5.56 Å². The number of hydrogen-bond donors (Lipinski definition) is 0. The third kappa shape index (κ3) is 2.94. The lowest BCUT2D eigenvalue weighted by atomic mass is 10.1. The van der Waals surface area contributed by atoms with Crippen LogP contribution in [0.4, 0.5) is 0 Å². The first kappa shape index (κ1) is 11.9. The van der Waals surface area contributed by atoms with E-state index in [0.29, 0.717) is 11.3 Å². The van der Waals surface area contributed by atoms with Crippen molar-refractivity contribution in [2.75, 3.05) is 0 Å². The highest BCUT2D eigenvalue weighted by molar-refractivity contribution is 9.10. The van der Waals surface area contributed by atoms with E-state index in [1.807, 2.05) is 30.3 Å². The summed E-state index contributed by atoms with van der Waals surface area (Å²) in [5, 5.41) is 0. The van der Waals surface area contributed by atoms with E-state index in [1.165, 1.54) is 0 Å². The van der Waals surface area contributed by atoms with Crippen molar-refractivity contribution in [1.29, 1.82) is 0 Å². The van der Waals surface area contributed by atoms with Gasteiger partial charge in [-0.05, 0) is 53.2 Å². The highest BCUT2D eigenvalue weighted by Gasteiger charge is 2.06. The Morgan fingerprint density at radius 3 is 2.41 bits per heavy atom. The Morgan fingerprint density at radius 2 is 1.82 bits per heavy atom. The Morgan fingerprint density at radius 1 is 1.12 bits per heavy atom. The normalized spacial score (nSPS) is 10.0. The van der Waals surface area contributed by atoms with Crippen molar-refractivity contribution in [2.24, 2.45) is 0 Å². The third-order valence-electron chi connectivity index (χ3n) is 2.31. The Labute approximate surface area is 108 Å². The molecule has 0 atom stereocenters. The molecule has 0 heterocycles. The van der Waals surface area contributed by atoms with Gasteiger partial charge < -0.3 is 4.74 Å².